The van der Waals surface area contributed by atoms with Gasteiger partial charge in [0.25, 0.3) is 0 Å². The SMILES string of the molecule is CCCC1CCN(C(=O)C(C)(N)c2ccccc2)C1. The molecular formula is C16H24N2O. The molecule has 0 aromatic heterocycles. The Morgan fingerprint density at radius 1 is 1.42 bits per heavy atom. The van der Waals surface area contributed by atoms with E-state index in [1.54, 1.807) is 0 Å². The molecule has 1 amide bonds. The zero-order valence-electron chi connectivity index (χ0n) is 11.9. The molecule has 2 atom stereocenters. The Kier molecular flexibility index (Phi) is 4.25. The molecule has 3 heteroatoms. The van der Waals surface area contributed by atoms with E-state index in [1.165, 1.54) is 12.8 Å². The topological polar surface area (TPSA) is 46.3 Å². The van der Waals surface area contributed by atoms with Crippen LogP contribution in [0.5, 0.6) is 0 Å². The fourth-order valence-corrected chi connectivity index (χ4v) is 2.90. The minimum Gasteiger partial charge on any atom is -0.341 e. The second kappa shape index (κ2) is 5.74. The quantitative estimate of drug-likeness (QED) is 0.904. The Bertz CT molecular complexity index is 428. The lowest BCUT2D eigenvalue weighted by Crippen LogP contribution is -2.50. The summed E-state index contributed by atoms with van der Waals surface area (Å²) in [6.45, 7) is 5.73. The molecule has 2 rings (SSSR count). The number of hydrogen-bond donors (Lipinski definition) is 1. The molecule has 0 spiro atoms. The molecule has 2 unspecified atom stereocenters. The van der Waals surface area contributed by atoms with Crippen molar-refractivity contribution in [1.29, 1.82) is 0 Å². The van der Waals surface area contributed by atoms with Crippen LogP contribution in [-0.4, -0.2) is 23.9 Å². The van der Waals surface area contributed by atoms with Crippen molar-refractivity contribution in [1.82, 2.24) is 4.90 Å². The fourth-order valence-electron chi connectivity index (χ4n) is 2.90. The molecule has 1 heterocycles. The summed E-state index contributed by atoms with van der Waals surface area (Å²) >= 11 is 0. The summed E-state index contributed by atoms with van der Waals surface area (Å²) in [7, 11) is 0. The van der Waals surface area contributed by atoms with Gasteiger partial charge in [0.2, 0.25) is 5.91 Å². The lowest BCUT2D eigenvalue weighted by atomic mass is 9.91. The van der Waals surface area contributed by atoms with E-state index in [9.17, 15) is 4.79 Å². The number of carbonyl (C=O) groups is 1. The number of nitrogens with two attached hydrogens (primary N) is 1. The van der Waals surface area contributed by atoms with E-state index in [-0.39, 0.29) is 5.91 Å². The van der Waals surface area contributed by atoms with Crippen LogP contribution in [0.4, 0.5) is 0 Å². The molecule has 0 saturated carbocycles. The second-order valence-corrected chi connectivity index (χ2v) is 5.76. The predicted octanol–water partition coefficient (Wildman–Crippen LogP) is 2.51. The van der Waals surface area contributed by atoms with Crippen LogP contribution in [0, 0.1) is 5.92 Å². The molecule has 2 N–H and O–H groups in total. The summed E-state index contributed by atoms with van der Waals surface area (Å²) in [4.78, 5) is 14.6. The first kappa shape index (κ1) is 14.1. The minimum atomic E-state index is -0.914. The zero-order chi connectivity index (χ0) is 13.9. The number of amides is 1. The highest BCUT2D eigenvalue weighted by Gasteiger charge is 2.37. The van der Waals surface area contributed by atoms with Gasteiger partial charge in [0.1, 0.15) is 5.54 Å². The van der Waals surface area contributed by atoms with Gasteiger partial charge in [0, 0.05) is 13.1 Å². The maximum atomic E-state index is 12.6. The van der Waals surface area contributed by atoms with Gasteiger partial charge in [-0.05, 0) is 31.2 Å². The van der Waals surface area contributed by atoms with E-state index in [4.69, 9.17) is 5.73 Å². The van der Waals surface area contributed by atoms with Crippen molar-refractivity contribution >= 4 is 5.91 Å². The average Bonchev–Trinajstić information content (AvgIpc) is 2.88. The van der Waals surface area contributed by atoms with Gasteiger partial charge in [0.15, 0.2) is 0 Å². The maximum Gasteiger partial charge on any atom is 0.246 e. The van der Waals surface area contributed by atoms with Crippen molar-refractivity contribution in [3.05, 3.63) is 35.9 Å². The third-order valence-corrected chi connectivity index (χ3v) is 4.09. The smallest absolute Gasteiger partial charge is 0.246 e. The molecule has 1 aliphatic heterocycles. The Hall–Kier alpha value is -1.35. The van der Waals surface area contributed by atoms with Gasteiger partial charge in [-0.3, -0.25) is 4.79 Å². The Morgan fingerprint density at radius 2 is 2.11 bits per heavy atom. The highest BCUT2D eigenvalue weighted by Crippen LogP contribution is 2.26. The predicted molar refractivity (Wildman–Crippen MR) is 77.6 cm³/mol. The van der Waals surface area contributed by atoms with Crippen molar-refractivity contribution in [3.63, 3.8) is 0 Å². The third kappa shape index (κ3) is 2.98. The van der Waals surface area contributed by atoms with E-state index < -0.39 is 5.54 Å². The molecule has 3 nitrogen and oxygen atoms in total. The molecular weight excluding hydrogens is 236 g/mol. The summed E-state index contributed by atoms with van der Waals surface area (Å²) in [5, 5.41) is 0. The first-order chi connectivity index (χ1) is 9.05. The van der Waals surface area contributed by atoms with Crippen molar-refractivity contribution in [2.45, 2.75) is 38.6 Å². The molecule has 0 aliphatic carbocycles. The minimum absolute atomic E-state index is 0.0531. The molecule has 19 heavy (non-hydrogen) atoms. The summed E-state index contributed by atoms with van der Waals surface area (Å²) in [6.07, 6.45) is 3.51. The number of hydrogen-bond acceptors (Lipinski definition) is 2. The highest BCUT2D eigenvalue weighted by molar-refractivity contribution is 5.87. The number of carbonyl (C=O) groups excluding carboxylic acids is 1. The number of benzene rings is 1. The second-order valence-electron chi connectivity index (χ2n) is 5.76. The van der Waals surface area contributed by atoms with Crippen LogP contribution >= 0.6 is 0 Å². The zero-order valence-corrected chi connectivity index (χ0v) is 11.9. The molecule has 1 fully saturated rings. The van der Waals surface area contributed by atoms with Crippen LogP contribution in [0.3, 0.4) is 0 Å². The molecule has 1 aromatic rings. The largest absolute Gasteiger partial charge is 0.341 e. The number of rotatable bonds is 4. The molecule has 1 aromatic carbocycles. The summed E-state index contributed by atoms with van der Waals surface area (Å²) < 4.78 is 0. The van der Waals surface area contributed by atoms with E-state index in [2.05, 4.69) is 6.92 Å². The van der Waals surface area contributed by atoms with Crippen LogP contribution in [0.2, 0.25) is 0 Å². The van der Waals surface area contributed by atoms with Gasteiger partial charge in [-0.25, -0.2) is 0 Å². The molecule has 1 aliphatic rings. The van der Waals surface area contributed by atoms with Crippen molar-refractivity contribution in [2.75, 3.05) is 13.1 Å². The lowest BCUT2D eigenvalue weighted by molar-refractivity contribution is -0.135. The van der Waals surface area contributed by atoms with Gasteiger partial charge >= 0.3 is 0 Å². The first-order valence-corrected chi connectivity index (χ1v) is 7.19. The van der Waals surface area contributed by atoms with Gasteiger partial charge in [0.05, 0.1) is 0 Å². The number of nitrogens with zero attached hydrogens (tertiary/aromatic N) is 1. The summed E-state index contributed by atoms with van der Waals surface area (Å²) in [5.41, 5.74) is 6.26. The molecule has 104 valence electrons. The van der Waals surface area contributed by atoms with Gasteiger partial charge in [-0.2, -0.15) is 0 Å². The van der Waals surface area contributed by atoms with Gasteiger partial charge < -0.3 is 10.6 Å². The lowest BCUT2D eigenvalue weighted by Gasteiger charge is -2.29. The molecule has 1 saturated heterocycles. The van der Waals surface area contributed by atoms with Crippen LogP contribution < -0.4 is 5.73 Å². The van der Waals surface area contributed by atoms with E-state index in [1.807, 2.05) is 42.2 Å². The molecule has 0 bridgehead atoms. The van der Waals surface area contributed by atoms with Crippen molar-refractivity contribution < 1.29 is 4.79 Å². The first-order valence-electron chi connectivity index (χ1n) is 7.19. The van der Waals surface area contributed by atoms with Crippen LogP contribution in [-0.2, 0) is 10.3 Å². The standard InChI is InChI=1S/C16H24N2O/c1-3-7-13-10-11-18(12-13)15(19)16(2,17)14-8-5-4-6-9-14/h4-6,8-9,13H,3,7,10-12,17H2,1-2H3. The van der Waals surface area contributed by atoms with Gasteiger partial charge in [-0.15, -0.1) is 0 Å². The highest BCUT2D eigenvalue weighted by atomic mass is 16.2. The van der Waals surface area contributed by atoms with Crippen LogP contribution in [0.15, 0.2) is 30.3 Å². The van der Waals surface area contributed by atoms with Crippen LogP contribution in [0.1, 0.15) is 38.7 Å². The van der Waals surface area contributed by atoms with E-state index >= 15 is 0 Å². The number of likely N-dealkylation sites (tertiary alicyclic amines) is 1. The van der Waals surface area contributed by atoms with Crippen molar-refractivity contribution in [2.24, 2.45) is 11.7 Å². The summed E-state index contributed by atoms with van der Waals surface area (Å²) in [5.74, 6) is 0.706. The van der Waals surface area contributed by atoms with E-state index in [0.29, 0.717) is 5.92 Å². The van der Waals surface area contributed by atoms with Gasteiger partial charge in [-0.1, -0.05) is 43.7 Å². The van der Waals surface area contributed by atoms with E-state index in [0.717, 1.165) is 25.1 Å². The normalized spacial score (nSPS) is 22.3. The maximum absolute atomic E-state index is 12.6. The monoisotopic (exact) mass is 260 g/mol. The fraction of sp³-hybridized carbons (Fsp3) is 0.562. The Morgan fingerprint density at radius 3 is 2.74 bits per heavy atom. The Balaban J connectivity index is 2.07. The van der Waals surface area contributed by atoms with Crippen LogP contribution in [0.25, 0.3) is 0 Å². The summed E-state index contributed by atoms with van der Waals surface area (Å²) in [6, 6.07) is 9.65. The Labute approximate surface area is 115 Å². The average molecular weight is 260 g/mol. The molecule has 0 radical (unpaired) electrons. The van der Waals surface area contributed by atoms with Crippen molar-refractivity contribution in [3.8, 4) is 0 Å². The third-order valence-electron chi connectivity index (χ3n) is 4.09.